The van der Waals surface area contributed by atoms with E-state index in [-0.39, 0.29) is 6.04 Å². The Morgan fingerprint density at radius 2 is 2.06 bits per heavy atom. The lowest BCUT2D eigenvalue weighted by Crippen LogP contribution is -2.10. The van der Waals surface area contributed by atoms with Gasteiger partial charge in [-0.15, -0.1) is 0 Å². The minimum Gasteiger partial charge on any atom is -0.486 e. The summed E-state index contributed by atoms with van der Waals surface area (Å²) in [5.41, 5.74) is 7.27. The van der Waals surface area contributed by atoms with Crippen molar-refractivity contribution in [2.24, 2.45) is 5.73 Å². The van der Waals surface area contributed by atoms with Gasteiger partial charge in [0.1, 0.15) is 12.4 Å². The molecular formula is C11H14ClF2NO. The van der Waals surface area contributed by atoms with Crippen LogP contribution in [-0.2, 0) is 0 Å². The Labute approximate surface area is 98.3 Å². The molecule has 0 bridgehead atoms. The summed E-state index contributed by atoms with van der Waals surface area (Å²) in [6.07, 6.45) is -2.51. The highest BCUT2D eigenvalue weighted by Gasteiger charge is 2.12. The zero-order valence-electron chi connectivity index (χ0n) is 9.14. The van der Waals surface area contributed by atoms with Gasteiger partial charge in [-0.1, -0.05) is 17.7 Å². The van der Waals surface area contributed by atoms with E-state index in [0.29, 0.717) is 16.3 Å². The summed E-state index contributed by atoms with van der Waals surface area (Å²) in [7, 11) is 0. The molecule has 1 aromatic rings. The molecule has 0 spiro atoms. The van der Waals surface area contributed by atoms with Crippen LogP contribution in [0.1, 0.15) is 24.1 Å². The molecule has 1 aromatic carbocycles. The smallest absolute Gasteiger partial charge is 0.272 e. The number of aryl methyl sites for hydroxylation is 1. The Morgan fingerprint density at radius 3 is 2.50 bits per heavy atom. The highest BCUT2D eigenvalue weighted by atomic mass is 35.5. The Kier molecular flexibility index (Phi) is 4.50. The molecule has 0 saturated carbocycles. The Balaban J connectivity index is 2.94. The van der Waals surface area contributed by atoms with Gasteiger partial charge in [0, 0.05) is 6.04 Å². The summed E-state index contributed by atoms with van der Waals surface area (Å²) in [6.45, 7) is 2.92. The van der Waals surface area contributed by atoms with Crippen LogP contribution in [0.3, 0.4) is 0 Å². The Bertz CT molecular complexity index is 346. The van der Waals surface area contributed by atoms with E-state index in [4.69, 9.17) is 22.1 Å². The van der Waals surface area contributed by atoms with E-state index in [1.54, 1.807) is 19.1 Å². The summed E-state index contributed by atoms with van der Waals surface area (Å²) in [6, 6.07) is 3.28. The van der Waals surface area contributed by atoms with E-state index in [2.05, 4.69) is 0 Å². The van der Waals surface area contributed by atoms with Crippen molar-refractivity contribution in [3.63, 3.8) is 0 Å². The van der Waals surface area contributed by atoms with Gasteiger partial charge in [-0.25, -0.2) is 8.78 Å². The lowest BCUT2D eigenvalue weighted by atomic mass is 10.1. The minimum absolute atomic E-state index is 0.152. The summed E-state index contributed by atoms with van der Waals surface area (Å²) >= 11 is 5.94. The average molecular weight is 250 g/mol. The standard InChI is InChI=1S/C11H14ClF2NO/c1-6-3-8(7(2)15)4-9(12)11(6)16-5-10(13)14/h3-4,7,10H,5,15H2,1-2H3. The van der Waals surface area contributed by atoms with Crippen molar-refractivity contribution in [1.29, 1.82) is 0 Å². The maximum absolute atomic E-state index is 12.0. The number of hydrogen-bond donors (Lipinski definition) is 1. The third-order valence-corrected chi connectivity index (χ3v) is 2.41. The van der Waals surface area contributed by atoms with Crippen LogP contribution in [0.2, 0.25) is 5.02 Å². The van der Waals surface area contributed by atoms with Crippen molar-refractivity contribution in [3.05, 3.63) is 28.3 Å². The molecule has 0 aliphatic carbocycles. The first kappa shape index (κ1) is 13.2. The molecule has 90 valence electrons. The summed E-state index contributed by atoms with van der Waals surface area (Å²) in [4.78, 5) is 0. The van der Waals surface area contributed by atoms with E-state index in [0.717, 1.165) is 5.56 Å². The Hall–Kier alpha value is -0.870. The van der Waals surface area contributed by atoms with Gasteiger partial charge in [-0.3, -0.25) is 0 Å². The maximum atomic E-state index is 12.0. The monoisotopic (exact) mass is 249 g/mol. The number of nitrogens with two attached hydrogens (primary N) is 1. The highest BCUT2D eigenvalue weighted by molar-refractivity contribution is 6.32. The van der Waals surface area contributed by atoms with E-state index < -0.39 is 13.0 Å². The SMILES string of the molecule is Cc1cc(C(C)N)cc(Cl)c1OCC(F)F. The number of alkyl halides is 2. The molecule has 2 N–H and O–H groups in total. The lowest BCUT2D eigenvalue weighted by molar-refractivity contribution is 0.0816. The van der Waals surface area contributed by atoms with Gasteiger partial charge < -0.3 is 10.5 Å². The first-order valence-electron chi connectivity index (χ1n) is 4.88. The molecule has 0 heterocycles. The molecule has 0 amide bonds. The van der Waals surface area contributed by atoms with Crippen LogP contribution in [-0.4, -0.2) is 13.0 Å². The predicted molar refractivity (Wildman–Crippen MR) is 60.3 cm³/mol. The van der Waals surface area contributed by atoms with Crippen LogP contribution in [0.4, 0.5) is 8.78 Å². The first-order chi connectivity index (χ1) is 7.41. The lowest BCUT2D eigenvalue weighted by Gasteiger charge is -2.14. The fraction of sp³-hybridized carbons (Fsp3) is 0.455. The van der Waals surface area contributed by atoms with Crippen LogP contribution < -0.4 is 10.5 Å². The molecule has 1 rings (SSSR count). The number of hydrogen-bond acceptors (Lipinski definition) is 2. The van der Waals surface area contributed by atoms with Crippen molar-refractivity contribution in [3.8, 4) is 5.75 Å². The molecule has 2 nitrogen and oxygen atoms in total. The van der Waals surface area contributed by atoms with Gasteiger partial charge in [0.2, 0.25) is 0 Å². The van der Waals surface area contributed by atoms with Crippen molar-refractivity contribution >= 4 is 11.6 Å². The number of halogens is 3. The molecule has 1 unspecified atom stereocenters. The quantitative estimate of drug-likeness (QED) is 0.889. The van der Waals surface area contributed by atoms with E-state index in [1.165, 1.54) is 0 Å². The van der Waals surface area contributed by atoms with Gasteiger partial charge >= 0.3 is 0 Å². The minimum atomic E-state index is -2.51. The van der Waals surface area contributed by atoms with Crippen molar-refractivity contribution in [2.75, 3.05) is 6.61 Å². The number of benzene rings is 1. The average Bonchev–Trinajstić information content (AvgIpc) is 2.15. The molecule has 16 heavy (non-hydrogen) atoms. The second-order valence-corrected chi connectivity index (χ2v) is 4.05. The second kappa shape index (κ2) is 5.46. The van der Waals surface area contributed by atoms with Crippen LogP contribution in [0.15, 0.2) is 12.1 Å². The molecule has 0 aliphatic heterocycles. The van der Waals surface area contributed by atoms with Gasteiger partial charge in [0.25, 0.3) is 6.43 Å². The van der Waals surface area contributed by atoms with Gasteiger partial charge in [0.05, 0.1) is 5.02 Å². The first-order valence-corrected chi connectivity index (χ1v) is 5.26. The van der Waals surface area contributed by atoms with Crippen molar-refractivity contribution in [1.82, 2.24) is 0 Å². The molecule has 1 atom stereocenters. The maximum Gasteiger partial charge on any atom is 0.272 e. The predicted octanol–water partition coefficient (Wildman–Crippen LogP) is 3.31. The topological polar surface area (TPSA) is 35.2 Å². The third-order valence-electron chi connectivity index (χ3n) is 2.13. The summed E-state index contributed by atoms with van der Waals surface area (Å²) in [5, 5.41) is 0.313. The van der Waals surface area contributed by atoms with E-state index >= 15 is 0 Å². The molecule has 0 radical (unpaired) electrons. The van der Waals surface area contributed by atoms with Gasteiger partial charge in [-0.2, -0.15) is 0 Å². The second-order valence-electron chi connectivity index (χ2n) is 3.64. The van der Waals surface area contributed by atoms with Gasteiger partial charge in [-0.05, 0) is 31.0 Å². The van der Waals surface area contributed by atoms with Crippen molar-refractivity contribution < 1.29 is 13.5 Å². The fourth-order valence-corrected chi connectivity index (χ4v) is 1.68. The van der Waals surface area contributed by atoms with E-state index in [1.807, 2.05) is 6.92 Å². The summed E-state index contributed by atoms with van der Waals surface area (Å²) < 4.78 is 28.9. The van der Waals surface area contributed by atoms with Gasteiger partial charge in [0.15, 0.2) is 0 Å². The van der Waals surface area contributed by atoms with Crippen molar-refractivity contribution in [2.45, 2.75) is 26.3 Å². The largest absolute Gasteiger partial charge is 0.486 e. The highest BCUT2D eigenvalue weighted by Crippen LogP contribution is 2.31. The molecular weight excluding hydrogens is 236 g/mol. The third kappa shape index (κ3) is 3.32. The van der Waals surface area contributed by atoms with Crippen LogP contribution in [0.5, 0.6) is 5.75 Å². The number of ether oxygens (including phenoxy) is 1. The van der Waals surface area contributed by atoms with Crippen LogP contribution in [0, 0.1) is 6.92 Å². The van der Waals surface area contributed by atoms with Crippen LogP contribution in [0.25, 0.3) is 0 Å². The Morgan fingerprint density at radius 1 is 1.44 bits per heavy atom. The van der Waals surface area contributed by atoms with E-state index in [9.17, 15) is 8.78 Å². The van der Waals surface area contributed by atoms with Crippen LogP contribution >= 0.6 is 11.6 Å². The fourth-order valence-electron chi connectivity index (χ4n) is 1.35. The molecule has 0 fully saturated rings. The summed E-state index contributed by atoms with van der Waals surface area (Å²) in [5.74, 6) is 0.298. The zero-order chi connectivity index (χ0) is 12.3. The molecule has 0 saturated heterocycles. The molecule has 0 aliphatic rings. The normalized spacial score (nSPS) is 12.9. The number of rotatable bonds is 4. The zero-order valence-corrected chi connectivity index (χ0v) is 9.89. The molecule has 0 aromatic heterocycles. The molecule has 5 heteroatoms.